The smallest absolute Gasteiger partial charge is 0.288 e. The van der Waals surface area contributed by atoms with E-state index in [1.165, 1.54) is 0 Å². The summed E-state index contributed by atoms with van der Waals surface area (Å²) in [7, 11) is 3.95. The Labute approximate surface area is 99.0 Å². The van der Waals surface area contributed by atoms with E-state index in [-0.39, 0.29) is 0 Å². The number of hydrogen-bond acceptors (Lipinski definition) is 3. The van der Waals surface area contributed by atoms with Crippen molar-refractivity contribution in [3.05, 3.63) is 24.3 Å². The number of likely N-dealkylation sites (N-methyl/N-ethyl adjacent to an activating group) is 1. The number of halogens is 2. The zero-order chi connectivity index (χ0) is 12.0. The molecule has 0 amide bonds. The number of nitrogens with one attached hydrogen (secondary N) is 1. The van der Waals surface area contributed by atoms with Gasteiger partial charge in [-0.25, -0.2) is 0 Å². The summed E-state index contributed by atoms with van der Waals surface area (Å²) >= 11 is 0.574. The van der Waals surface area contributed by atoms with Gasteiger partial charge in [0.2, 0.25) is 0 Å². The molecule has 5 heteroatoms. The van der Waals surface area contributed by atoms with Gasteiger partial charge in [-0.3, -0.25) is 0 Å². The van der Waals surface area contributed by atoms with Crippen molar-refractivity contribution >= 4 is 17.4 Å². The van der Waals surface area contributed by atoms with E-state index in [2.05, 4.69) is 5.32 Å². The average Bonchev–Trinajstić information content (AvgIpc) is 2.19. The van der Waals surface area contributed by atoms with Gasteiger partial charge in [0, 0.05) is 23.7 Å². The molecule has 0 saturated carbocycles. The molecule has 0 aromatic heterocycles. The van der Waals surface area contributed by atoms with Crippen LogP contribution in [0.4, 0.5) is 14.5 Å². The molecule has 0 saturated heterocycles. The molecule has 0 aliphatic heterocycles. The molecule has 1 aromatic carbocycles. The van der Waals surface area contributed by atoms with E-state index < -0.39 is 5.76 Å². The Bertz CT molecular complexity index is 319. The lowest BCUT2D eigenvalue weighted by molar-refractivity contribution is 0.252. The zero-order valence-corrected chi connectivity index (χ0v) is 10.2. The summed E-state index contributed by atoms with van der Waals surface area (Å²) in [5, 5.41) is 3.15. The van der Waals surface area contributed by atoms with Gasteiger partial charge in [-0.15, -0.1) is 0 Å². The lowest BCUT2D eigenvalue weighted by Gasteiger charge is -2.13. The Kier molecular flexibility index (Phi) is 5.55. The standard InChI is InChI=1S/C11H16F2N2S/c1-15(2)8-7-14-9-5-3-4-6-10(9)16-11(12)13/h3-6,11,14H,7-8H2,1-2H3. The van der Waals surface area contributed by atoms with E-state index in [1.54, 1.807) is 12.1 Å². The minimum atomic E-state index is -2.38. The van der Waals surface area contributed by atoms with Crippen LogP contribution in [0, 0.1) is 0 Å². The van der Waals surface area contributed by atoms with Crippen LogP contribution >= 0.6 is 11.8 Å². The van der Waals surface area contributed by atoms with Gasteiger partial charge in [0.1, 0.15) is 0 Å². The molecule has 0 unspecified atom stereocenters. The Morgan fingerprint density at radius 2 is 2.00 bits per heavy atom. The van der Waals surface area contributed by atoms with Gasteiger partial charge in [-0.2, -0.15) is 8.78 Å². The summed E-state index contributed by atoms with van der Waals surface area (Å²) in [5.74, 6) is -2.38. The molecule has 0 bridgehead atoms. The molecule has 0 aliphatic rings. The van der Waals surface area contributed by atoms with Crippen molar-refractivity contribution in [3.8, 4) is 0 Å². The quantitative estimate of drug-likeness (QED) is 0.777. The van der Waals surface area contributed by atoms with Gasteiger partial charge < -0.3 is 10.2 Å². The van der Waals surface area contributed by atoms with Gasteiger partial charge in [-0.05, 0) is 26.2 Å². The average molecular weight is 246 g/mol. The van der Waals surface area contributed by atoms with Gasteiger partial charge in [0.05, 0.1) is 0 Å². The SMILES string of the molecule is CN(C)CCNc1ccccc1SC(F)F. The zero-order valence-electron chi connectivity index (χ0n) is 9.41. The van der Waals surface area contributed by atoms with Crippen LogP contribution in [0.2, 0.25) is 0 Å². The summed E-state index contributed by atoms with van der Waals surface area (Å²) in [5.41, 5.74) is 0.773. The number of rotatable bonds is 6. The monoisotopic (exact) mass is 246 g/mol. The molecule has 90 valence electrons. The number of alkyl halides is 2. The molecule has 0 heterocycles. The summed E-state index contributed by atoms with van der Waals surface area (Å²) in [6, 6.07) is 7.13. The fourth-order valence-electron chi connectivity index (χ4n) is 1.23. The highest BCUT2D eigenvalue weighted by Gasteiger charge is 2.08. The first-order chi connectivity index (χ1) is 7.59. The van der Waals surface area contributed by atoms with Gasteiger partial charge in [0.25, 0.3) is 5.76 Å². The van der Waals surface area contributed by atoms with E-state index >= 15 is 0 Å². The van der Waals surface area contributed by atoms with Gasteiger partial charge >= 0.3 is 0 Å². The molecular formula is C11H16F2N2S. The fourth-order valence-corrected chi connectivity index (χ4v) is 1.84. The van der Waals surface area contributed by atoms with Crippen LogP contribution in [0.25, 0.3) is 0 Å². The molecular weight excluding hydrogens is 230 g/mol. The largest absolute Gasteiger partial charge is 0.383 e. The van der Waals surface area contributed by atoms with E-state index in [9.17, 15) is 8.78 Å². The van der Waals surface area contributed by atoms with Gasteiger partial charge in [-0.1, -0.05) is 23.9 Å². The Hall–Kier alpha value is -0.810. The van der Waals surface area contributed by atoms with E-state index in [4.69, 9.17) is 0 Å². The van der Waals surface area contributed by atoms with E-state index in [0.717, 1.165) is 18.8 Å². The highest BCUT2D eigenvalue weighted by atomic mass is 32.2. The van der Waals surface area contributed by atoms with Crippen molar-refractivity contribution in [2.45, 2.75) is 10.7 Å². The second-order valence-electron chi connectivity index (χ2n) is 3.60. The van der Waals surface area contributed by atoms with Crippen molar-refractivity contribution in [2.75, 3.05) is 32.5 Å². The molecule has 1 rings (SSSR count). The Balaban J connectivity index is 2.56. The van der Waals surface area contributed by atoms with Crippen molar-refractivity contribution in [2.24, 2.45) is 0 Å². The first-order valence-corrected chi connectivity index (χ1v) is 5.90. The van der Waals surface area contributed by atoms with Crippen LogP contribution in [0.15, 0.2) is 29.2 Å². The number of para-hydroxylation sites is 1. The second kappa shape index (κ2) is 6.70. The fraction of sp³-hybridized carbons (Fsp3) is 0.455. The lowest BCUT2D eigenvalue weighted by atomic mass is 10.3. The minimum Gasteiger partial charge on any atom is -0.383 e. The third-order valence-electron chi connectivity index (χ3n) is 1.98. The third kappa shape index (κ3) is 4.81. The maximum atomic E-state index is 12.3. The maximum absolute atomic E-state index is 12.3. The predicted molar refractivity (Wildman–Crippen MR) is 65.3 cm³/mol. The molecule has 1 aromatic rings. The van der Waals surface area contributed by atoms with Crippen LogP contribution in [0.1, 0.15) is 0 Å². The number of hydrogen-bond donors (Lipinski definition) is 1. The molecule has 2 nitrogen and oxygen atoms in total. The van der Waals surface area contributed by atoms with Crippen LogP contribution < -0.4 is 5.32 Å². The summed E-state index contributed by atoms with van der Waals surface area (Å²) in [6.45, 7) is 1.61. The highest BCUT2D eigenvalue weighted by molar-refractivity contribution is 7.99. The van der Waals surface area contributed by atoms with Crippen molar-refractivity contribution < 1.29 is 8.78 Å². The highest BCUT2D eigenvalue weighted by Crippen LogP contribution is 2.31. The topological polar surface area (TPSA) is 15.3 Å². The Morgan fingerprint density at radius 1 is 1.31 bits per heavy atom. The third-order valence-corrected chi connectivity index (χ3v) is 2.77. The van der Waals surface area contributed by atoms with Crippen LogP contribution in [0.3, 0.4) is 0 Å². The molecule has 0 fully saturated rings. The lowest BCUT2D eigenvalue weighted by Crippen LogP contribution is -2.20. The number of thioether (sulfide) groups is 1. The number of benzene rings is 1. The van der Waals surface area contributed by atoms with Crippen molar-refractivity contribution in [3.63, 3.8) is 0 Å². The van der Waals surface area contributed by atoms with Crippen LogP contribution in [-0.2, 0) is 0 Å². The van der Waals surface area contributed by atoms with Gasteiger partial charge in [0.15, 0.2) is 0 Å². The molecule has 0 aliphatic carbocycles. The molecule has 0 atom stereocenters. The predicted octanol–water partition coefficient (Wildman–Crippen LogP) is 2.97. The van der Waals surface area contributed by atoms with Crippen LogP contribution in [0.5, 0.6) is 0 Å². The molecule has 1 N–H and O–H groups in total. The van der Waals surface area contributed by atoms with Crippen molar-refractivity contribution in [1.82, 2.24) is 4.90 Å². The first-order valence-electron chi connectivity index (χ1n) is 5.02. The minimum absolute atomic E-state index is 0.574. The summed E-state index contributed by atoms with van der Waals surface area (Å²) in [4.78, 5) is 2.63. The summed E-state index contributed by atoms with van der Waals surface area (Å²) in [6.07, 6.45) is 0. The number of nitrogens with zero attached hydrogens (tertiary/aromatic N) is 1. The maximum Gasteiger partial charge on any atom is 0.288 e. The first kappa shape index (κ1) is 13.3. The van der Waals surface area contributed by atoms with Crippen molar-refractivity contribution in [1.29, 1.82) is 0 Å². The molecule has 0 spiro atoms. The molecule has 0 radical (unpaired) electrons. The van der Waals surface area contributed by atoms with Crippen LogP contribution in [-0.4, -0.2) is 37.8 Å². The number of anilines is 1. The normalized spacial score (nSPS) is 11.1. The Morgan fingerprint density at radius 3 is 2.62 bits per heavy atom. The van der Waals surface area contributed by atoms with E-state index in [0.29, 0.717) is 16.7 Å². The second-order valence-corrected chi connectivity index (χ2v) is 4.64. The summed E-state index contributed by atoms with van der Waals surface area (Å²) < 4.78 is 24.6. The molecule has 16 heavy (non-hydrogen) atoms. The van der Waals surface area contributed by atoms with E-state index in [1.807, 2.05) is 31.1 Å².